The Bertz CT molecular complexity index is 1290. The third-order valence-corrected chi connectivity index (χ3v) is 5.81. The number of hydrogen-bond donors (Lipinski definition) is 0. The fourth-order valence-electron chi connectivity index (χ4n) is 4.27. The number of hydrogen-bond acceptors (Lipinski definition) is 7. The van der Waals surface area contributed by atoms with Gasteiger partial charge in [0.1, 0.15) is 6.61 Å². The number of benzene rings is 1. The minimum Gasteiger partial charge on any atom is -0.457 e. The second-order valence-corrected chi connectivity index (χ2v) is 7.31. The minimum absolute atomic E-state index is 0.0921. The van der Waals surface area contributed by atoms with Gasteiger partial charge in [0.2, 0.25) is 5.60 Å². The van der Waals surface area contributed by atoms with Gasteiger partial charge < -0.3 is 18.8 Å². The van der Waals surface area contributed by atoms with Crippen molar-refractivity contribution < 1.29 is 23.8 Å². The predicted molar refractivity (Wildman–Crippen MR) is 106 cm³/mol. The van der Waals surface area contributed by atoms with Crippen molar-refractivity contribution >= 4 is 23.0 Å². The zero-order valence-corrected chi connectivity index (χ0v) is 16.4. The summed E-state index contributed by atoms with van der Waals surface area (Å²) in [6, 6.07) is 11.5. The van der Waals surface area contributed by atoms with Gasteiger partial charge in [-0.2, -0.15) is 0 Å². The molecule has 2 aliphatic rings. The van der Waals surface area contributed by atoms with Crippen LogP contribution in [0.1, 0.15) is 30.0 Å². The second-order valence-electron chi connectivity index (χ2n) is 7.31. The molecule has 0 fully saturated rings. The lowest BCUT2D eigenvalue weighted by Gasteiger charge is -2.35. The van der Waals surface area contributed by atoms with Gasteiger partial charge in [0.15, 0.2) is 0 Å². The Morgan fingerprint density at radius 3 is 2.83 bits per heavy atom. The second kappa shape index (κ2) is 6.41. The molecule has 0 saturated carbocycles. The lowest BCUT2D eigenvalue weighted by atomic mass is 9.85. The van der Waals surface area contributed by atoms with Crippen molar-refractivity contribution in [2.45, 2.75) is 32.1 Å². The first-order chi connectivity index (χ1) is 14.5. The van der Waals surface area contributed by atoms with Crippen molar-refractivity contribution in [3.05, 3.63) is 63.4 Å². The van der Waals surface area contributed by atoms with E-state index < -0.39 is 17.7 Å². The maximum atomic E-state index is 13.3. The van der Waals surface area contributed by atoms with E-state index in [9.17, 15) is 14.4 Å². The van der Waals surface area contributed by atoms with Crippen molar-refractivity contribution in [1.29, 1.82) is 0 Å². The smallest absolute Gasteiger partial charge is 0.457 e. The first-order valence-electron chi connectivity index (χ1n) is 9.59. The largest absolute Gasteiger partial charge is 0.509 e. The molecule has 2 aliphatic heterocycles. The molecule has 1 aromatic carbocycles. The van der Waals surface area contributed by atoms with Gasteiger partial charge in [0.05, 0.1) is 36.1 Å². The summed E-state index contributed by atoms with van der Waals surface area (Å²) in [6.07, 6.45) is -0.929. The lowest BCUT2D eigenvalue weighted by Crippen LogP contribution is -2.47. The van der Waals surface area contributed by atoms with Crippen LogP contribution in [0.25, 0.3) is 22.3 Å². The number of esters is 1. The molecule has 0 amide bonds. The van der Waals surface area contributed by atoms with E-state index in [-0.39, 0.29) is 18.6 Å². The summed E-state index contributed by atoms with van der Waals surface area (Å²) in [5.74, 6) is -0.725. The molecular formula is C22H18N2O6. The van der Waals surface area contributed by atoms with Gasteiger partial charge in [0.25, 0.3) is 5.56 Å². The molecule has 0 aliphatic carbocycles. The zero-order valence-electron chi connectivity index (χ0n) is 16.4. The van der Waals surface area contributed by atoms with Gasteiger partial charge in [0, 0.05) is 16.5 Å². The van der Waals surface area contributed by atoms with E-state index in [2.05, 4.69) is 4.74 Å². The van der Waals surface area contributed by atoms with Gasteiger partial charge in [-0.1, -0.05) is 25.1 Å². The van der Waals surface area contributed by atoms with Gasteiger partial charge >= 0.3 is 12.1 Å². The fourth-order valence-corrected chi connectivity index (χ4v) is 4.27. The van der Waals surface area contributed by atoms with Gasteiger partial charge in [-0.05, 0) is 24.6 Å². The summed E-state index contributed by atoms with van der Waals surface area (Å²) in [6.45, 7) is 1.88. The molecule has 5 rings (SSSR count). The van der Waals surface area contributed by atoms with Crippen molar-refractivity contribution in [3.63, 3.8) is 0 Å². The van der Waals surface area contributed by atoms with Crippen LogP contribution in [0.3, 0.4) is 0 Å². The number of rotatable bonds is 2. The predicted octanol–water partition coefficient (Wildman–Crippen LogP) is 2.87. The lowest BCUT2D eigenvalue weighted by molar-refractivity contribution is -0.175. The molecule has 0 radical (unpaired) electrons. The van der Waals surface area contributed by atoms with Crippen LogP contribution in [0, 0.1) is 0 Å². The van der Waals surface area contributed by atoms with E-state index in [1.165, 1.54) is 0 Å². The number of pyridine rings is 2. The van der Waals surface area contributed by atoms with Crippen LogP contribution in [0.5, 0.6) is 0 Å². The number of methoxy groups -OCH3 is 1. The number of nitrogens with zero attached hydrogens (tertiary/aromatic N) is 2. The number of ether oxygens (including phenoxy) is 3. The SMILES string of the molecule is CC[C@@]1(OC(=O)OC)C(=O)OCc2c1cc1n(c2=O)Cc2cc3ccccc3nc2-1. The topological polar surface area (TPSA) is 96.7 Å². The van der Waals surface area contributed by atoms with Gasteiger partial charge in [-0.3, -0.25) is 4.79 Å². The number of fused-ring (bicyclic) bond motifs is 5. The Balaban J connectivity index is 1.77. The van der Waals surface area contributed by atoms with Crippen molar-refractivity contribution in [1.82, 2.24) is 9.55 Å². The molecule has 4 heterocycles. The molecule has 152 valence electrons. The number of carbonyl (C=O) groups excluding carboxylic acids is 2. The van der Waals surface area contributed by atoms with Crippen molar-refractivity contribution in [3.8, 4) is 11.4 Å². The molecule has 0 saturated heterocycles. The molecule has 1 atom stereocenters. The molecule has 0 unspecified atom stereocenters. The summed E-state index contributed by atoms with van der Waals surface area (Å²) < 4.78 is 16.8. The normalized spacial score (nSPS) is 18.9. The molecule has 2 aromatic heterocycles. The van der Waals surface area contributed by atoms with Crippen molar-refractivity contribution in [2.75, 3.05) is 7.11 Å². The molecule has 0 bridgehead atoms. The van der Waals surface area contributed by atoms with E-state index in [1.54, 1.807) is 17.6 Å². The van der Waals surface area contributed by atoms with Crippen LogP contribution in [0.15, 0.2) is 41.2 Å². The Kier molecular flexibility index (Phi) is 3.92. The number of carbonyl (C=O) groups is 2. The molecule has 30 heavy (non-hydrogen) atoms. The maximum Gasteiger partial charge on any atom is 0.509 e. The van der Waals surface area contributed by atoms with Crippen LogP contribution >= 0.6 is 0 Å². The highest BCUT2D eigenvalue weighted by Crippen LogP contribution is 2.41. The number of aromatic nitrogens is 2. The van der Waals surface area contributed by atoms with E-state index in [4.69, 9.17) is 14.5 Å². The average Bonchev–Trinajstić information content (AvgIpc) is 3.12. The monoisotopic (exact) mass is 406 g/mol. The molecule has 8 nitrogen and oxygen atoms in total. The van der Waals surface area contributed by atoms with Crippen LogP contribution in [0.4, 0.5) is 4.79 Å². The molecule has 0 spiro atoms. The summed E-state index contributed by atoms with van der Waals surface area (Å²) in [5, 5.41) is 0.984. The van der Waals surface area contributed by atoms with E-state index in [1.807, 2.05) is 30.3 Å². The zero-order chi connectivity index (χ0) is 21.0. The molecule has 3 aromatic rings. The Labute approximate surface area is 171 Å². The van der Waals surface area contributed by atoms with Crippen molar-refractivity contribution in [2.24, 2.45) is 0 Å². The first-order valence-corrected chi connectivity index (χ1v) is 9.59. The average molecular weight is 406 g/mol. The van der Waals surface area contributed by atoms with E-state index in [0.29, 0.717) is 29.1 Å². The third-order valence-electron chi connectivity index (χ3n) is 5.81. The minimum atomic E-state index is -1.74. The summed E-state index contributed by atoms with van der Waals surface area (Å²) in [7, 11) is 1.16. The Morgan fingerprint density at radius 1 is 1.27 bits per heavy atom. The Hall–Kier alpha value is -3.68. The highest BCUT2D eigenvalue weighted by Gasteiger charge is 2.50. The number of para-hydroxylation sites is 1. The van der Waals surface area contributed by atoms with Crippen LogP contribution in [-0.2, 0) is 37.8 Å². The fraction of sp³-hybridized carbons (Fsp3) is 0.273. The van der Waals surface area contributed by atoms with Gasteiger partial charge in [-0.15, -0.1) is 0 Å². The van der Waals surface area contributed by atoms with E-state index in [0.717, 1.165) is 23.6 Å². The highest BCUT2D eigenvalue weighted by atomic mass is 16.7. The van der Waals surface area contributed by atoms with Crippen LogP contribution in [-0.4, -0.2) is 28.8 Å². The summed E-state index contributed by atoms with van der Waals surface area (Å²) >= 11 is 0. The third kappa shape index (κ3) is 2.39. The first kappa shape index (κ1) is 18.4. The standard InChI is InChI=1S/C22H18N2O6/c1-3-22(30-21(27)28-2)15-9-17-18-13(8-12-6-4-5-7-16(12)23-18)10-24(17)19(25)14(15)11-29-20(22)26/h4-9H,3,10-11H2,1-2H3/t22-/m0/s1. The quantitative estimate of drug-likeness (QED) is 0.472. The summed E-state index contributed by atoms with van der Waals surface area (Å²) in [4.78, 5) is 42.7. The molecular weight excluding hydrogens is 388 g/mol. The summed E-state index contributed by atoms with van der Waals surface area (Å²) in [5.41, 5.74) is 1.57. The molecule has 0 N–H and O–H groups in total. The maximum absolute atomic E-state index is 13.3. The number of cyclic esters (lactones) is 1. The highest BCUT2D eigenvalue weighted by molar-refractivity contribution is 5.87. The van der Waals surface area contributed by atoms with Crippen LogP contribution < -0.4 is 5.56 Å². The van der Waals surface area contributed by atoms with E-state index >= 15 is 0 Å². The van der Waals surface area contributed by atoms with Crippen LogP contribution in [0.2, 0.25) is 0 Å². The Morgan fingerprint density at radius 2 is 2.07 bits per heavy atom. The molecule has 8 heteroatoms. The van der Waals surface area contributed by atoms with Gasteiger partial charge in [-0.25, -0.2) is 14.6 Å².